The molecule has 42 heavy (non-hydrogen) atoms. The number of phenolic OH excluding ortho intramolecular Hbond substituents is 1. The third-order valence-corrected chi connectivity index (χ3v) is 8.36. The lowest BCUT2D eigenvalue weighted by molar-refractivity contribution is -0.137. The van der Waals surface area contributed by atoms with E-state index in [0.29, 0.717) is 12.4 Å². The number of hydrogen-bond donors (Lipinski definition) is 1. The van der Waals surface area contributed by atoms with Crippen LogP contribution >= 0.6 is 0 Å². The molecular weight excluding hydrogens is 520 g/mol. The van der Waals surface area contributed by atoms with Crippen molar-refractivity contribution in [3.63, 3.8) is 0 Å². The van der Waals surface area contributed by atoms with E-state index in [1.54, 1.807) is 24.3 Å². The van der Waals surface area contributed by atoms with Gasteiger partial charge in [-0.15, -0.1) is 0 Å². The number of unbranched alkanes of at least 4 members (excludes halogenated alkanes) is 25. The summed E-state index contributed by atoms with van der Waals surface area (Å²) in [5.74, 6) is 0.135. The highest BCUT2D eigenvalue weighted by Crippen LogP contribution is 2.26. The molecule has 0 bridgehead atoms. The summed E-state index contributed by atoms with van der Waals surface area (Å²) in [4.78, 5) is 11.9. The van der Waals surface area contributed by atoms with Crippen LogP contribution < -0.4 is 4.74 Å². The summed E-state index contributed by atoms with van der Waals surface area (Å²) in [5, 5.41) is 9.63. The Morgan fingerprint density at radius 3 is 1.38 bits per heavy atom. The lowest BCUT2D eigenvalue weighted by Crippen LogP contribution is -2.02. The number of phenols is 1. The van der Waals surface area contributed by atoms with Crippen LogP contribution in [0.4, 0.5) is 0 Å². The molecule has 1 rings (SSSR count). The second-order valence-electron chi connectivity index (χ2n) is 12.3. The fourth-order valence-corrected chi connectivity index (χ4v) is 5.60. The van der Waals surface area contributed by atoms with Gasteiger partial charge >= 0.3 is 5.97 Å². The third kappa shape index (κ3) is 23.6. The van der Waals surface area contributed by atoms with Gasteiger partial charge in [-0.2, -0.15) is 0 Å². The summed E-state index contributed by atoms with van der Waals surface area (Å²) in [7, 11) is 1.50. The number of methoxy groups -OCH3 is 1. The molecule has 1 aromatic rings. The Kier molecular flexibility index (Phi) is 26.4. The second-order valence-corrected chi connectivity index (χ2v) is 12.3. The third-order valence-electron chi connectivity index (χ3n) is 8.36. The summed E-state index contributed by atoms with van der Waals surface area (Å²) in [6, 6.07) is 4.96. The monoisotopic (exact) mass is 586 g/mol. The molecule has 242 valence electrons. The van der Waals surface area contributed by atoms with Gasteiger partial charge in [0.05, 0.1) is 13.7 Å². The number of aromatic hydroxyl groups is 1. The number of carbonyl (C=O) groups excluding carboxylic acids is 1. The number of esters is 1. The van der Waals surface area contributed by atoms with Crippen molar-refractivity contribution >= 4 is 12.0 Å². The van der Waals surface area contributed by atoms with Crippen molar-refractivity contribution in [2.45, 2.75) is 174 Å². The molecule has 1 aromatic carbocycles. The molecule has 0 aliphatic heterocycles. The zero-order valence-electron chi connectivity index (χ0n) is 27.7. The van der Waals surface area contributed by atoms with Crippen LogP contribution in [0.1, 0.15) is 179 Å². The predicted octanol–water partition coefficient (Wildman–Crippen LogP) is 12.1. The smallest absolute Gasteiger partial charge is 0.330 e. The Morgan fingerprint density at radius 1 is 0.619 bits per heavy atom. The van der Waals surface area contributed by atoms with Crippen molar-refractivity contribution in [2.75, 3.05) is 13.7 Å². The number of carbonyl (C=O) groups is 1. The van der Waals surface area contributed by atoms with Crippen LogP contribution in [-0.2, 0) is 9.53 Å². The number of benzene rings is 1. The zero-order valence-corrected chi connectivity index (χ0v) is 27.7. The zero-order chi connectivity index (χ0) is 30.4. The summed E-state index contributed by atoms with van der Waals surface area (Å²) in [6.07, 6.45) is 39.1. The first-order chi connectivity index (χ1) is 20.7. The van der Waals surface area contributed by atoms with E-state index in [4.69, 9.17) is 9.47 Å². The average molecular weight is 587 g/mol. The maximum absolute atomic E-state index is 11.9. The molecule has 0 saturated heterocycles. The van der Waals surface area contributed by atoms with E-state index in [0.717, 1.165) is 18.4 Å². The molecule has 4 heteroatoms. The number of ether oxygens (including phenoxy) is 2. The fraction of sp³-hybridized carbons (Fsp3) is 0.763. The molecule has 0 unspecified atom stereocenters. The van der Waals surface area contributed by atoms with Crippen molar-refractivity contribution in [3.8, 4) is 11.5 Å². The van der Waals surface area contributed by atoms with Crippen LogP contribution in [0.5, 0.6) is 11.5 Å². The average Bonchev–Trinajstić information content (AvgIpc) is 3.00. The van der Waals surface area contributed by atoms with Crippen molar-refractivity contribution in [1.82, 2.24) is 0 Å². The molecule has 4 nitrogen and oxygen atoms in total. The maximum atomic E-state index is 11.9. The molecular formula is C38H66O4. The van der Waals surface area contributed by atoms with Crippen molar-refractivity contribution < 1.29 is 19.4 Å². The van der Waals surface area contributed by atoms with E-state index in [2.05, 4.69) is 6.92 Å². The predicted molar refractivity (Wildman–Crippen MR) is 180 cm³/mol. The topological polar surface area (TPSA) is 55.8 Å². The molecule has 0 aliphatic carbocycles. The van der Waals surface area contributed by atoms with Gasteiger partial charge in [-0.1, -0.05) is 174 Å². The lowest BCUT2D eigenvalue weighted by atomic mass is 10.0. The molecule has 0 atom stereocenters. The van der Waals surface area contributed by atoms with Gasteiger partial charge in [-0.3, -0.25) is 0 Å². The van der Waals surface area contributed by atoms with Gasteiger partial charge in [-0.05, 0) is 30.2 Å². The number of rotatable bonds is 30. The Balaban J connectivity index is 1.75. The van der Waals surface area contributed by atoms with Gasteiger partial charge in [0.25, 0.3) is 0 Å². The first kappa shape index (κ1) is 38.1. The molecule has 0 spiro atoms. The van der Waals surface area contributed by atoms with Crippen LogP contribution in [-0.4, -0.2) is 24.8 Å². The van der Waals surface area contributed by atoms with Crippen molar-refractivity contribution in [1.29, 1.82) is 0 Å². The molecule has 0 aromatic heterocycles. The van der Waals surface area contributed by atoms with E-state index in [-0.39, 0.29) is 11.7 Å². The van der Waals surface area contributed by atoms with Gasteiger partial charge < -0.3 is 14.6 Å². The van der Waals surface area contributed by atoms with Gasteiger partial charge in [0.2, 0.25) is 0 Å². The van der Waals surface area contributed by atoms with Crippen LogP contribution in [0.2, 0.25) is 0 Å². The number of hydrogen-bond acceptors (Lipinski definition) is 4. The van der Waals surface area contributed by atoms with Crippen LogP contribution in [0.3, 0.4) is 0 Å². The van der Waals surface area contributed by atoms with Crippen LogP contribution in [0.25, 0.3) is 6.08 Å². The molecule has 0 aliphatic rings. The SMILES string of the molecule is CCCCCCCCCCCCCCCCCCCCCCCCCCCCOC(=O)/C=C/c1ccc(O)c(OC)c1. The first-order valence-electron chi connectivity index (χ1n) is 17.9. The Morgan fingerprint density at radius 2 is 1.00 bits per heavy atom. The van der Waals surface area contributed by atoms with E-state index in [1.165, 1.54) is 167 Å². The highest BCUT2D eigenvalue weighted by Gasteiger charge is 2.02. The highest BCUT2D eigenvalue weighted by atomic mass is 16.5. The Bertz CT molecular complexity index is 772. The normalized spacial score (nSPS) is 11.4. The first-order valence-corrected chi connectivity index (χ1v) is 17.9. The fourth-order valence-electron chi connectivity index (χ4n) is 5.60. The van der Waals surface area contributed by atoms with E-state index >= 15 is 0 Å². The quantitative estimate of drug-likeness (QED) is 0.0553. The summed E-state index contributed by atoms with van der Waals surface area (Å²) < 4.78 is 10.4. The van der Waals surface area contributed by atoms with Gasteiger partial charge in [0, 0.05) is 6.08 Å². The minimum Gasteiger partial charge on any atom is -0.504 e. The van der Waals surface area contributed by atoms with E-state index in [1.807, 2.05) is 0 Å². The summed E-state index contributed by atoms with van der Waals surface area (Å²) >= 11 is 0. The van der Waals surface area contributed by atoms with E-state index in [9.17, 15) is 9.90 Å². The molecule has 0 radical (unpaired) electrons. The maximum Gasteiger partial charge on any atom is 0.330 e. The largest absolute Gasteiger partial charge is 0.504 e. The summed E-state index contributed by atoms with van der Waals surface area (Å²) in [5.41, 5.74) is 0.779. The second kappa shape index (κ2) is 29.1. The Labute approximate surface area is 260 Å². The van der Waals surface area contributed by atoms with Gasteiger partial charge in [-0.25, -0.2) is 4.79 Å². The Hall–Kier alpha value is -1.97. The lowest BCUT2D eigenvalue weighted by Gasteiger charge is -2.05. The molecule has 1 N–H and O–H groups in total. The minimum atomic E-state index is -0.332. The molecule has 0 amide bonds. The minimum absolute atomic E-state index is 0.0815. The molecule has 0 heterocycles. The van der Waals surface area contributed by atoms with Crippen molar-refractivity contribution in [2.24, 2.45) is 0 Å². The standard InChI is InChI=1S/C38H66O4/c1-3-4-5-6-7-8-9-10-11-12-13-14-15-16-17-18-19-20-21-22-23-24-25-26-27-28-33-42-38(40)32-30-35-29-31-36(39)37(34-35)41-2/h29-32,34,39H,3-28,33H2,1-2H3/b32-30+. The summed E-state index contributed by atoms with van der Waals surface area (Å²) in [6.45, 7) is 2.77. The van der Waals surface area contributed by atoms with Crippen molar-refractivity contribution in [3.05, 3.63) is 29.8 Å². The van der Waals surface area contributed by atoms with E-state index < -0.39 is 0 Å². The molecule has 0 fully saturated rings. The van der Waals surface area contributed by atoms with Gasteiger partial charge in [0.1, 0.15) is 0 Å². The van der Waals surface area contributed by atoms with Crippen LogP contribution in [0, 0.1) is 0 Å². The van der Waals surface area contributed by atoms with Crippen LogP contribution in [0.15, 0.2) is 24.3 Å². The molecule has 0 saturated carbocycles. The highest BCUT2D eigenvalue weighted by molar-refractivity contribution is 5.87. The van der Waals surface area contributed by atoms with Gasteiger partial charge in [0.15, 0.2) is 11.5 Å².